The minimum absolute atomic E-state index is 0.0164. The fourth-order valence-electron chi connectivity index (χ4n) is 5.43. The summed E-state index contributed by atoms with van der Waals surface area (Å²) in [4.78, 5) is 29.8. The van der Waals surface area contributed by atoms with Gasteiger partial charge in [-0.15, -0.1) is 0 Å². The van der Waals surface area contributed by atoms with Crippen molar-refractivity contribution in [2.75, 3.05) is 17.1 Å². The van der Waals surface area contributed by atoms with Gasteiger partial charge in [-0.1, -0.05) is 90.5 Å². The lowest BCUT2D eigenvalue weighted by Crippen LogP contribution is -2.55. The second-order valence-corrected chi connectivity index (χ2v) is 14.2. The first kappa shape index (κ1) is 33.1. The first-order valence-electron chi connectivity index (χ1n) is 14.2. The third-order valence-corrected chi connectivity index (χ3v) is 9.77. The van der Waals surface area contributed by atoms with Crippen LogP contribution >= 0.6 is 34.8 Å². The van der Waals surface area contributed by atoms with Gasteiger partial charge in [0, 0.05) is 24.0 Å². The molecular weight excluding hydrogens is 629 g/mol. The Morgan fingerprint density at radius 1 is 0.907 bits per heavy atom. The summed E-state index contributed by atoms with van der Waals surface area (Å²) in [6.45, 7) is 1.24. The summed E-state index contributed by atoms with van der Waals surface area (Å²) >= 11 is 18.6. The van der Waals surface area contributed by atoms with Crippen LogP contribution in [0.25, 0.3) is 0 Å². The largest absolute Gasteiger partial charge is 0.352 e. The molecule has 1 aliphatic carbocycles. The van der Waals surface area contributed by atoms with Gasteiger partial charge in [-0.2, -0.15) is 0 Å². The molecule has 0 saturated heterocycles. The fraction of sp³-hybridized carbons (Fsp3) is 0.375. The molecule has 0 heterocycles. The Hall–Kier alpha value is -2.78. The number of hydrogen-bond acceptors (Lipinski definition) is 4. The van der Waals surface area contributed by atoms with Crippen molar-refractivity contribution < 1.29 is 18.0 Å². The van der Waals surface area contributed by atoms with Gasteiger partial charge in [-0.05, 0) is 66.8 Å². The van der Waals surface area contributed by atoms with E-state index in [-0.39, 0.29) is 24.9 Å². The van der Waals surface area contributed by atoms with Gasteiger partial charge in [0.1, 0.15) is 12.6 Å². The Bertz CT molecular complexity index is 1550. The van der Waals surface area contributed by atoms with E-state index in [1.807, 2.05) is 30.3 Å². The number of amides is 2. The predicted molar refractivity (Wildman–Crippen MR) is 174 cm³/mol. The Balaban J connectivity index is 1.75. The number of carbonyl (C=O) groups excluding carboxylic acids is 2. The minimum atomic E-state index is -3.89. The van der Waals surface area contributed by atoms with Gasteiger partial charge in [0.2, 0.25) is 21.8 Å². The number of hydrogen-bond donors (Lipinski definition) is 1. The van der Waals surface area contributed by atoms with Crippen molar-refractivity contribution in [3.05, 3.63) is 98.5 Å². The highest BCUT2D eigenvalue weighted by Crippen LogP contribution is 2.28. The molecule has 4 rings (SSSR count). The van der Waals surface area contributed by atoms with E-state index in [2.05, 4.69) is 5.32 Å². The molecule has 1 N–H and O–H groups in total. The Morgan fingerprint density at radius 2 is 1.60 bits per heavy atom. The van der Waals surface area contributed by atoms with E-state index in [1.54, 1.807) is 43.3 Å². The maximum absolute atomic E-state index is 14.3. The van der Waals surface area contributed by atoms with Gasteiger partial charge in [0.15, 0.2) is 0 Å². The summed E-state index contributed by atoms with van der Waals surface area (Å²) in [7, 11) is -3.89. The van der Waals surface area contributed by atoms with Gasteiger partial charge in [-0.25, -0.2) is 8.42 Å². The topological polar surface area (TPSA) is 86.8 Å². The van der Waals surface area contributed by atoms with Crippen LogP contribution in [0, 0.1) is 6.92 Å². The summed E-state index contributed by atoms with van der Waals surface area (Å²) < 4.78 is 27.1. The molecule has 3 aromatic carbocycles. The predicted octanol–water partition coefficient (Wildman–Crippen LogP) is 6.81. The molecule has 1 saturated carbocycles. The maximum atomic E-state index is 14.3. The zero-order valence-corrected chi connectivity index (χ0v) is 27.3. The molecule has 1 atom stereocenters. The molecule has 230 valence electrons. The molecule has 11 heteroatoms. The molecule has 0 bridgehead atoms. The summed E-state index contributed by atoms with van der Waals surface area (Å²) in [6.07, 6.45) is 6.24. The van der Waals surface area contributed by atoms with E-state index in [9.17, 15) is 18.0 Å². The zero-order chi connectivity index (χ0) is 31.1. The second kappa shape index (κ2) is 14.8. The first-order chi connectivity index (χ1) is 20.4. The van der Waals surface area contributed by atoms with Crippen molar-refractivity contribution in [3.63, 3.8) is 0 Å². The van der Waals surface area contributed by atoms with E-state index < -0.39 is 28.5 Å². The van der Waals surface area contributed by atoms with Crippen molar-refractivity contribution >= 4 is 62.3 Å². The van der Waals surface area contributed by atoms with Crippen LogP contribution in [0.4, 0.5) is 5.69 Å². The number of rotatable bonds is 11. The van der Waals surface area contributed by atoms with Crippen molar-refractivity contribution in [1.82, 2.24) is 10.2 Å². The van der Waals surface area contributed by atoms with Crippen molar-refractivity contribution in [3.8, 4) is 0 Å². The number of aryl methyl sites for hydroxylation is 1. The van der Waals surface area contributed by atoms with Gasteiger partial charge in [0.05, 0.1) is 22.0 Å². The quantitative estimate of drug-likeness (QED) is 0.244. The van der Waals surface area contributed by atoms with E-state index in [0.29, 0.717) is 31.9 Å². The smallest absolute Gasteiger partial charge is 0.244 e. The van der Waals surface area contributed by atoms with E-state index in [0.717, 1.165) is 48.2 Å². The first-order valence-corrected chi connectivity index (χ1v) is 17.2. The number of anilines is 1. The van der Waals surface area contributed by atoms with E-state index in [4.69, 9.17) is 34.8 Å². The molecule has 1 fully saturated rings. The monoisotopic (exact) mass is 663 g/mol. The number of nitrogens with zero attached hydrogens (tertiary/aromatic N) is 2. The molecule has 0 aliphatic heterocycles. The van der Waals surface area contributed by atoms with Gasteiger partial charge in [-0.3, -0.25) is 13.9 Å². The van der Waals surface area contributed by atoms with Crippen LogP contribution in [0.15, 0.2) is 66.7 Å². The Morgan fingerprint density at radius 3 is 2.23 bits per heavy atom. The zero-order valence-electron chi connectivity index (χ0n) is 24.2. The lowest BCUT2D eigenvalue weighted by molar-refractivity contribution is -0.140. The standard InChI is InChI=1S/C32H36Cl3N3O4S/c1-22-17-25(33)14-16-29(22)38(43(2,41)42)21-31(39)37(20-24-13-15-27(34)28(35)18-24)30(19-23-9-5-3-6-10-23)32(40)36-26-11-7-4-8-12-26/h3,5-6,9-10,13-18,26,30H,4,7-8,11-12,19-21H2,1-2H3,(H,36,40)/t30-/m1/s1. The molecule has 3 aromatic rings. The summed E-state index contributed by atoms with van der Waals surface area (Å²) in [6, 6.07) is 18.4. The second-order valence-electron chi connectivity index (χ2n) is 11.0. The van der Waals surface area contributed by atoms with Crippen molar-refractivity contribution in [2.24, 2.45) is 0 Å². The van der Waals surface area contributed by atoms with Crippen LogP contribution in [0.3, 0.4) is 0 Å². The lowest BCUT2D eigenvalue weighted by atomic mass is 9.94. The van der Waals surface area contributed by atoms with Crippen LogP contribution in [-0.2, 0) is 32.6 Å². The number of carbonyl (C=O) groups is 2. The van der Waals surface area contributed by atoms with Crippen molar-refractivity contribution in [2.45, 2.75) is 64.1 Å². The molecule has 43 heavy (non-hydrogen) atoms. The third-order valence-electron chi connectivity index (χ3n) is 7.67. The minimum Gasteiger partial charge on any atom is -0.352 e. The van der Waals surface area contributed by atoms with Crippen LogP contribution in [0.2, 0.25) is 15.1 Å². The van der Waals surface area contributed by atoms with Gasteiger partial charge >= 0.3 is 0 Å². The molecule has 0 aromatic heterocycles. The van der Waals surface area contributed by atoms with Crippen LogP contribution < -0.4 is 9.62 Å². The molecule has 0 spiro atoms. The molecule has 1 aliphatic rings. The van der Waals surface area contributed by atoms with Crippen LogP contribution in [-0.4, -0.2) is 50.0 Å². The van der Waals surface area contributed by atoms with E-state index >= 15 is 0 Å². The molecular formula is C32H36Cl3N3O4S. The van der Waals surface area contributed by atoms with Gasteiger partial charge < -0.3 is 10.2 Å². The Labute approximate surface area is 269 Å². The molecule has 7 nitrogen and oxygen atoms in total. The number of halogens is 3. The average molecular weight is 665 g/mol. The number of sulfonamides is 1. The highest BCUT2D eigenvalue weighted by atomic mass is 35.5. The van der Waals surface area contributed by atoms with Crippen LogP contribution in [0.1, 0.15) is 48.8 Å². The number of benzene rings is 3. The number of nitrogens with one attached hydrogen (secondary N) is 1. The SMILES string of the molecule is Cc1cc(Cl)ccc1N(CC(=O)N(Cc1ccc(Cl)c(Cl)c1)[C@H](Cc1ccccc1)C(=O)NC1CCCCC1)S(C)(=O)=O. The van der Waals surface area contributed by atoms with Gasteiger partial charge in [0.25, 0.3) is 0 Å². The summed E-state index contributed by atoms with van der Waals surface area (Å²) in [5.41, 5.74) is 2.45. The highest BCUT2D eigenvalue weighted by molar-refractivity contribution is 7.92. The Kier molecular flexibility index (Phi) is 11.4. The summed E-state index contributed by atoms with van der Waals surface area (Å²) in [5, 5.41) is 4.31. The maximum Gasteiger partial charge on any atom is 0.244 e. The third kappa shape index (κ3) is 9.11. The normalized spacial score (nSPS) is 14.6. The highest BCUT2D eigenvalue weighted by Gasteiger charge is 2.34. The average Bonchev–Trinajstić information content (AvgIpc) is 2.96. The lowest BCUT2D eigenvalue weighted by Gasteiger charge is -2.35. The van der Waals surface area contributed by atoms with Crippen molar-refractivity contribution in [1.29, 1.82) is 0 Å². The molecule has 0 radical (unpaired) electrons. The molecule has 2 amide bonds. The van der Waals surface area contributed by atoms with Crippen LogP contribution in [0.5, 0.6) is 0 Å². The summed E-state index contributed by atoms with van der Waals surface area (Å²) in [5.74, 6) is -0.816. The fourth-order valence-corrected chi connectivity index (χ4v) is 6.88. The molecule has 0 unspecified atom stereocenters. The van der Waals surface area contributed by atoms with E-state index in [1.165, 1.54) is 4.90 Å².